The molecule has 60 heavy (non-hydrogen) atoms. The lowest BCUT2D eigenvalue weighted by molar-refractivity contribution is -0.134. The number of amides is 6. The maximum Gasteiger partial charge on any atom is 0.479 e. The lowest BCUT2D eigenvalue weighted by Gasteiger charge is -2.42. The number of hydroxylamine groups is 2. The number of hydrogen-bond acceptors (Lipinski definition) is 8. The Balaban J connectivity index is 2.36. The third kappa shape index (κ3) is 8.71. The summed E-state index contributed by atoms with van der Waals surface area (Å²) in [5, 5.41) is 35.3. The zero-order valence-electron chi connectivity index (χ0n) is 39.6. The second-order valence-electron chi connectivity index (χ2n) is 22.5. The molecule has 3 N–H and O–H groups in total. The lowest BCUT2D eigenvalue weighted by Crippen LogP contribution is -2.75. The molecule has 1 aliphatic heterocycles. The summed E-state index contributed by atoms with van der Waals surface area (Å²) in [5.41, 5.74) is -1.37. The number of anilines is 2. The molecule has 4 rings (SSSR count). The smallest absolute Gasteiger partial charge is 0.479 e. The molecule has 3 aromatic rings. The van der Waals surface area contributed by atoms with Gasteiger partial charge in [0, 0.05) is 56.6 Å². The molecule has 11 nitrogen and oxygen atoms in total. The zero-order chi connectivity index (χ0) is 46.3. The number of hydrogen-bond donors (Lipinski definition) is 3. The average Bonchev–Trinajstić information content (AvgIpc) is 3.06. The molecule has 0 aliphatic carbocycles. The van der Waals surface area contributed by atoms with E-state index >= 15 is 14.4 Å². The third-order valence-corrected chi connectivity index (χ3v) is 11.1. The van der Waals surface area contributed by atoms with E-state index in [4.69, 9.17) is 4.84 Å². The molecule has 0 saturated carbocycles. The molecule has 0 radical (unpaired) electrons. The minimum atomic E-state index is -1.60. The lowest BCUT2D eigenvalue weighted by atomic mass is 9.79. The Labute approximate surface area is 357 Å². The van der Waals surface area contributed by atoms with Gasteiger partial charge in [0.15, 0.2) is 18.1 Å². The van der Waals surface area contributed by atoms with E-state index in [0.29, 0.717) is 33.4 Å². The van der Waals surface area contributed by atoms with E-state index in [9.17, 15) is 20.1 Å². The molecule has 1 fully saturated rings. The van der Waals surface area contributed by atoms with Crippen LogP contribution in [0.15, 0.2) is 36.4 Å². The first kappa shape index (κ1) is 47.9. The molecular weight excluding hydrogens is 759 g/mol. The maximum absolute atomic E-state index is 15.9. The van der Waals surface area contributed by atoms with Gasteiger partial charge < -0.3 is 15.3 Å². The third-order valence-electron chi connectivity index (χ3n) is 11.1. The summed E-state index contributed by atoms with van der Waals surface area (Å²) in [4.78, 5) is 68.8. The summed E-state index contributed by atoms with van der Waals surface area (Å²) in [6.07, 6.45) is 0.0362. The van der Waals surface area contributed by atoms with Gasteiger partial charge in [0.05, 0.1) is 11.4 Å². The number of quaternary nitrogens is 1. The van der Waals surface area contributed by atoms with Gasteiger partial charge in [-0.15, -0.1) is 0 Å². The highest BCUT2D eigenvalue weighted by molar-refractivity contribution is 6.38. The van der Waals surface area contributed by atoms with Crippen molar-refractivity contribution in [3.63, 3.8) is 0 Å². The largest absolute Gasteiger partial charge is 0.507 e. The van der Waals surface area contributed by atoms with Crippen molar-refractivity contribution in [2.75, 3.05) is 16.4 Å². The maximum atomic E-state index is 15.9. The van der Waals surface area contributed by atoms with E-state index < -0.39 is 67.6 Å². The van der Waals surface area contributed by atoms with Crippen molar-refractivity contribution in [3.05, 3.63) is 69.8 Å². The number of benzene rings is 3. The van der Waals surface area contributed by atoms with Crippen molar-refractivity contribution < 1.29 is 39.3 Å². The van der Waals surface area contributed by atoms with E-state index in [2.05, 4.69) is 0 Å². The summed E-state index contributed by atoms with van der Waals surface area (Å²) < 4.78 is -1.60. The van der Waals surface area contributed by atoms with E-state index in [1.54, 1.807) is 43.3 Å². The second kappa shape index (κ2) is 15.3. The highest BCUT2D eigenvalue weighted by Gasteiger charge is 2.65. The number of carbonyl (C=O) groups is 4. The van der Waals surface area contributed by atoms with Gasteiger partial charge in [-0.25, -0.2) is 14.4 Å². The topological polar surface area (TPSA) is 145 Å². The molecule has 328 valence electrons. The van der Waals surface area contributed by atoms with Crippen LogP contribution < -0.4 is 14.4 Å². The predicted molar refractivity (Wildman–Crippen MR) is 241 cm³/mol. The van der Waals surface area contributed by atoms with Crippen LogP contribution in [0.4, 0.5) is 31.4 Å². The van der Waals surface area contributed by atoms with Crippen LogP contribution in [0.1, 0.15) is 171 Å². The van der Waals surface area contributed by atoms with Crippen molar-refractivity contribution in [2.45, 2.75) is 170 Å². The molecule has 11 heteroatoms. The van der Waals surface area contributed by atoms with Gasteiger partial charge in [-0.2, -0.15) is 14.6 Å². The molecule has 0 spiro atoms. The Morgan fingerprint density at radius 2 is 0.750 bits per heavy atom. The molecule has 0 aromatic heterocycles. The minimum absolute atomic E-state index is 0.0143. The normalized spacial score (nSPS) is 15.9. The van der Waals surface area contributed by atoms with Gasteiger partial charge >= 0.3 is 18.1 Å². The summed E-state index contributed by atoms with van der Waals surface area (Å²) in [7, 11) is 0. The first-order valence-corrected chi connectivity index (χ1v) is 20.8. The van der Waals surface area contributed by atoms with Crippen molar-refractivity contribution in [1.29, 1.82) is 0 Å². The number of aromatic hydroxyl groups is 3. The summed E-state index contributed by atoms with van der Waals surface area (Å²) in [6, 6.07) is 6.14. The standard InChI is InChI=1S/C49H69N3O8/c1-20-31(53)27-60-52(30-25-36(48(14,15)16)40(56)37(26-30)49(17,18)19)42(58)50(28-21-32(44(2,3)4)38(54)33(22-28)45(5,6)7)41(57)51(43(52)59)29-23-34(46(8,9)10)39(55)35(24-29)47(11,12)13/h21-26H,20,27H2,1-19H3,(H2-,54,55,56)/p+1. The Bertz CT molecular complexity index is 2020. The van der Waals surface area contributed by atoms with Crippen LogP contribution in [0.25, 0.3) is 0 Å². The molecule has 1 saturated heterocycles. The first-order valence-electron chi connectivity index (χ1n) is 20.8. The Morgan fingerprint density at radius 1 is 0.500 bits per heavy atom. The molecule has 1 heterocycles. The number of carbonyl (C=O) groups excluding carboxylic acids is 4. The van der Waals surface area contributed by atoms with Crippen molar-refractivity contribution in [3.8, 4) is 17.2 Å². The van der Waals surface area contributed by atoms with Crippen LogP contribution in [-0.2, 0) is 42.1 Å². The van der Waals surface area contributed by atoms with E-state index in [1.165, 1.54) is 0 Å². The van der Waals surface area contributed by atoms with Gasteiger partial charge in [-0.1, -0.05) is 132 Å². The molecule has 3 aromatic carbocycles. The zero-order valence-corrected chi connectivity index (χ0v) is 39.6. The molecular formula is C49H70N3O8+. The highest BCUT2D eigenvalue weighted by atomic mass is 16.7. The number of phenols is 3. The number of ketones is 1. The van der Waals surface area contributed by atoms with E-state index in [0.717, 1.165) is 9.80 Å². The molecule has 6 amide bonds. The van der Waals surface area contributed by atoms with Crippen LogP contribution in [0, 0.1) is 0 Å². The number of nitrogens with zero attached hydrogens (tertiary/aromatic N) is 3. The van der Waals surface area contributed by atoms with Gasteiger partial charge in [0.25, 0.3) is 0 Å². The Kier molecular flexibility index (Phi) is 12.2. The number of phenolic OH excluding ortho intramolecular Hbond substituents is 3. The fourth-order valence-electron chi connectivity index (χ4n) is 7.47. The minimum Gasteiger partial charge on any atom is -0.507 e. The Hall–Kier alpha value is -4.74. The number of urea groups is 3. The van der Waals surface area contributed by atoms with Crippen molar-refractivity contribution in [1.82, 2.24) is 4.65 Å². The fraction of sp³-hybridized carbons (Fsp3) is 0.551. The second-order valence-corrected chi connectivity index (χ2v) is 22.5. The number of rotatable bonds is 7. The van der Waals surface area contributed by atoms with Crippen molar-refractivity contribution in [2.24, 2.45) is 0 Å². The summed E-state index contributed by atoms with van der Waals surface area (Å²) >= 11 is 0. The average molecular weight is 829 g/mol. The number of Topliss-reactive ketones (excluding diaryl/α,β-unsaturated/α-hetero) is 1. The van der Waals surface area contributed by atoms with Gasteiger partial charge in [-0.3, -0.25) is 4.79 Å². The van der Waals surface area contributed by atoms with E-state index in [-0.39, 0.29) is 40.7 Å². The Morgan fingerprint density at radius 3 is 0.983 bits per heavy atom. The summed E-state index contributed by atoms with van der Waals surface area (Å²) in [5.74, 6) is -0.395. The van der Waals surface area contributed by atoms with Gasteiger partial charge in [-0.05, 0) is 56.8 Å². The van der Waals surface area contributed by atoms with Crippen LogP contribution in [-0.4, -0.2) is 45.8 Å². The summed E-state index contributed by atoms with van der Waals surface area (Å²) in [6.45, 7) is 35.2. The van der Waals surface area contributed by atoms with Crippen LogP contribution >= 0.6 is 0 Å². The highest BCUT2D eigenvalue weighted by Crippen LogP contribution is 2.49. The molecule has 0 unspecified atom stereocenters. The van der Waals surface area contributed by atoms with Crippen molar-refractivity contribution >= 4 is 40.9 Å². The van der Waals surface area contributed by atoms with Gasteiger partial charge in [0.1, 0.15) is 17.2 Å². The first-order chi connectivity index (χ1) is 26.9. The predicted octanol–water partition coefficient (Wildman–Crippen LogP) is 12.2. The van der Waals surface area contributed by atoms with Crippen LogP contribution in [0.2, 0.25) is 0 Å². The SMILES string of the molecule is CCC(=O)CO[N+]1(c2cc(C(C)(C)C)c(O)c(C(C)(C)C)c2)C(=O)N(c2cc(C(C)(C)C)c(O)c(C(C)(C)C)c2)C(=O)N(c2cc(C(C)(C)C)c(O)c(C(C)(C)C)c2)C1=O. The van der Waals surface area contributed by atoms with E-state index in [1.807, 2.05) is 125 Å². The number of imide groups is 3. The molecule has 0 atom stereocenters. The van der Waals surface area contributed by atoms with Crippen LogP contribution in [0.5, 0.6) is 17.2 Å². The fourth-order valence-corrected chi connectivity index (χ4v) is 7.47. The monoisotopic (exact) mass is 829 g/mol. The quantitative estimate of drug-likeness (QED) is 0.200. The van der Waals surface area contributed by atoms with Gasteiger partial charge in [0.2, 0.25) is 0 Å². The molecule has 1 aliphatic rings. The van der Waals surface area contributed by atoms with Crippen LogP contribution in [0.3, 0.4) is 0 Å². The molecule has 0 bridgehead atoms.